The van der Waals surface area contributed by atoms with Crippen molar-refractivity contribution in [3.05, 3.63) is 0 Å². The molecule has 0 bridgehead atoms. The number of rotatable bonds is 0. The molecule has 0 atom stereocenters. The first-order valence-electron chi connectivity index (χ1n) is 0.447. The largest absolute Gasteiger partial charge is 1.00 e. The van der Waals surface area contributed by atoms with Crippen molar-refractivity contribution in [1.82, 2.24) is 0 Å². The molecule has 1 nitrogen and oxygen atoms in total. The molecule has 0 aromatic rings. The van der Waals surface area contributed by atoms with Crippen LogP contribution in [-0.4, -0.2) is 10.1 Å². The Balaban J connectivity index is -0.0000000200. The van der Waals surface area contributed by atoms with Crippen LogP contribution in [0.4, 0.5) is 0 Å². The number of thiol groups is 1. The number of hydrogen-bond acceptors (Lipinski definition) is 2. The van der Waals surface area contributed by atoms with E-state index in [1.54, 1.807) is 0 Å². The van der Waals surface area contributed by atoms with Crippen molar-refractivity contribution in [2.24, 2.45) is 0 Å². The van der Waals surface area contributed by atoms with Gasteiger partial charge in [-0.1, -0.05) is 12.6 Å². The van der Waals surface area contributed by atoms with E-state index in [1.165, 1.54) is 5.40 Å². The first-order valence-corrected chi connectivity index (χ1v) is 0.894. The molecule has 0 aliphatic rings. The molecule has 0 aliphatic heterocycles. The SMILES string of the molecule is N#CS.[BeH2].[H+]. The van der Waals surface area contributed by atoms with Crippen LogP contribution in [0.2, 0.25) is 0 Å². The molecule has 0 rings (SSSR count). The van der Waals surface area contributed by atoms with E-state index in [4.69, 9.17) is 5.26 Å². The molecule has 0 N–H and O–H groups in total. The third kappa shape index (κ3) is 26200. The number of nitrogens with zero attached hydrogens (tertiary/aromatic N) is 1. The average molecular weight is 71.1 g/mol. The van der Waals surface area contributed by atoms with Crippen molar-refractivity contribution in [3.63, 3.8) is 0 Å². The molecular formula is CH4BeNS+. The van der Waals surface area contributed by atoms with Crippen molar-refractivity contribution in [1.29, 1.82) is 5.26 Å². The van der Waals surface area contributed by atoms with E-state index in [-0.39, 0.29) is 11.5 Å². The van der Waals surface area contributed by atoms with E-state index < -0.39 is 0 Å². The Kier molecular flexibility index (Phi) is 26.8. The maximum absolute atomic E-state index is 7.18. The fourth-order valence-electron chi connectivity index (χ4n) is 0. The summed E-state index contributed by atoms with van der Waals surface area (Å²) in [5.74, 6) is 0. The molecule has 0 saturated heterocycles. The first kappa shape index (κ1) is 8.99. The normalized spacial score (nSPS) is 2.00. The third-order valence-corrected chi connectivity index (χ3v) is 0. The predicted octanol–water partition coefficient (Wildman–Crippen LogP) is -0.406. The average Bonchev–Trinajstić information content (AvgIpc) is 0.918. The minimum Gasteiger partial charge on any atom is 1.00 e. The van der Waals surface area contributed by atoms with Gasteiger partial charge in [-0.15, -0.1) is 0 Å². The molecule has 0 aromatic carbocycles. The van der Waals surface area contributed by atoms with Gasteiger partial charge in [0, 0.05) is 0 Å². The molecule has 0 aliphatic carbocycles. The molecule has 0 aromatic heterocycles. The zero-order chi connectivity index (χ0) is 2.71. The molecule has 3 heteroatoms. The third-order valence-electron chi connectivity index (χ3n) is 0. The summed E-state index contributed by atoms with van der Waals surface area (Å²) in [5, 5.41) is 8.63. The summed E-state index contributed by atoms with van der Waals surface area (Å²) in [7, 11) is 0. The van der Waals surface area contributed by atoms with Crippen molar-refractivity contribution < 1.29 is 1.43 Å². The second kappa shape index (κ2) is 11.9. The Bertz CT molecular complexity index is 33.1. The van der Waals surface area contributed by atoms with Crippen LogP contribution in [0.3, 0.4) is 0 Å². The molecule has 0 amide bonds. The molecule has 20 valence electrons. The van der Waals surface area contributed by atoms with Gasteiger partial charge in [0.05, 0.1) is 0 Å². The van der Waals surface area contributed by atoms with Crippen LogP contribution in [-0.2, 0) is 0 Å². The zero-order valence-corrected chi connectivity index (χ0v) is 2.29. The Labute approximate surface area is 35.7 Å². The van der Waals surface area contributed by atoms with Gasteiger partial charge in [0.2, 0.25) is 0 Å². The van der Waals surface area contributed by atoms with E-state index in [2.05, 4.69) is 12.6 Å². The summed E-state index contributed by atoms with van der Waals surface area (Å²) < 4.78 is 0. The first-order chi connectivity index (χ1) is 1.41. The van der Waals surface area contributed by atoms with Gasteiger partial charge < -0.3 is 0 Å². The van der Waals surface area contributed by atoms with Crippen LogP contribution in [0.1, 0.15) is 1.43 Å². The fourth-order valence-corrected chi connectivity index (χ4v) is 0. The van der Waals surface area contributed by atoms with Crippen molar-refractivity contribution in [2.45, 2.75) is 0 Å². The van der Waals surface area contributed by atoms with Gasteiger partial charge in [0.1, 0.15) is 5.40 Å². The smallest absolute Gasteiger partial charge is 1.00 e. The van der Waals surface area contributed by atoms with E-state index in [1.807, 2.05) is 0 Å². The summed E-state index contributed by atoms with van der Waals surface area (Å²) in [6.07, 6.45) is 0. The molecule has 0 radical (unpaired) electrons. The monoisotopic (exact) mass is 71.0 g/mol. The number of hydrogen-bond donors (Lipinski definition) is 1. The molecule has 4 heavy (non-hydrogen) atoms. The maximum atomic E-state index is 7.18. The minimum atomic E-state index is 0. The summed E-state index contributed by atoms with van der Waals surface area (Å²) in [4.78, 5) is 0. The van der Waals surface area contributed by atoms with Crippen LogP contribution in [0.5, 0.6) is 0 Å². The summed E-state index contributed by atoms with van der Waals surface area (Å²) in [5.41, 5.74) is 0. The Morgan fingerprint density at radius 3 is 2.00 bits per heavy atom. The van der Waals surface area contributed by atoms with E-state index in [9.17, 15) is 0 Å². The van der Waals surface area contributed by atoms with Gasteiger partial charge in [-0.3, -0.25) is 0 Å². The number of nitriles is 1. The molecular weight excluding hydrogens is 67.1 g/mol. The molecule has 0 fully saturated rings. The predicted molar refractivity (Wildman–Crippen MR) is 24.3 cm³/mol. The zero-order valence-electron chi connectivity index (χ0n) is 2.39. The van der Waals surface area contributed by atoms with Gasteiger partial charge in [-0.05, 0) is 0 Å². The van der Waals surface area contributed by atoms with Crippen LogP contribution < -0.4 is 0 Å². The second-order valence-corrected chi connectivity index (χ2v) is 0.300. The van der Waals surface area contributed by atoms with Gasteiger partial charge in [0.15, 0.2) is 0 Å². The molecule has 0 heterocycles. The molecule has 0 saturated carbocycles. The van der Waals surface area contributed by atoms with Crippen LogP contribution in [0, 0.1) is 10.7 Å². The van der Waals surface area contributed by atoms with E-state index in [0.29, 0.717) is 0 Å². The van der Waals surface area contributed by atoms with E-state index in [0.717, 1.165) is 0 Å². The van der Waals surface area contributed by atoms with Crippen molar-refractivity contribution in [3.8, 4) is 5.40 Å². The Morgan fingerprint density at radius 2 is 2.00 bits per heavy atom. The van der Waals surface area contributed by atoms with Crippen LogP contribution in [0.25, 0.3) is 0 Å². The summed E-state index contributed by atoms with van der Waals surface area (Å²) in [6, 6.07) is 0. The van der Waals surface area contributed by atoms with Gasteiger partial charge in [-0.25, -0.2) is 0 Å². The topological polar surface area (TPSA) is 23.8 Å². The summed E-state index contributed by atoms with van der Waals surface area (Å²) in [6.45, 7) is 0. The van der Waals surface area contributed by atoms with Gasteiger partial charge in [0.25, 0.3) is 0 Å². The van der Waals surface area contributed by atoms with Crippen molar-refractivity contribution >= 4 is 22.7 Å². The molecule has 0 spiro atoms. The second-order valence-electron chi connectivity index (χ2n) is 0.100. The maximum Gasteiger partial charge on any atom is 1.00 e. The van der Waals surface area contributed by atoms with E-state index >= 15 is 0 Å². The standard InChI is InChI=1S/CHNS.Be.2H/c2-1-3;;;/h3H;;;/p+1. The van der Waals surface area contributed by atoms with Gasteiger partial charge in [-0.2, -0.15) is 5.26 Å². The minimum absolute atomic E-state index is 0. The van der Waals surface area contributed by atoms with Crippen molar-refractivity contribution in [2.75, 3.05) is 0 Å². The Morgan fingerprint density at radius 1 is 2.00 bits per heavy atom. The fraction of sp³-hybridized carbons (Fsp3) is 0. The van der Waals surface area contributed by atoms with Crippen LogP contribution >= 0.6 is 12.6 Å². The number of thiocyanates is 1. The van der Waals surface area contributed by atoms with Crippen LogP contribution in [0.15, 0.2) is 0 Å². The Hall–Kier alpha value is 0.00883. The molecule has 0 unspecified atom stereocenters. The van der Waals surface area contributed by atoms with Gasteiger partial charge >= 0.3 is 11.5 Å². The quantitative estimate of drug-likeness (QED) is 0.234. The summed E-state index contributed by atoms with van der Waals surface area (Å²) >= 11 is 3.09.